The van der Waals surface area contributed by atoms with Gasteiger partial charge in [-0.25, -0.2) is 9.97 Å². The summed E-state index contributed by atoms with van der Waals surface area (Å²) in [6.45, 7) is 9.49. The van der Waals surface area contributed by atoms with Gasteiger partial charge < -0.3 is 14.8 Å². The van der Waals surface area contributed by atoms with Crippen LogP contribution >= 0.6 is 23.1 Å². The summed E-state index contributed by atoms with van der Waals surface area (Å²) < 4.78 is 11.5. The van der Waals surface area contributed by atoms with Crippen molar-refractivity contribution in [1.29, 1.82) is 0 Å². The largest absolute Gasteiger partial charge is 0.382 e. The molecule has 0 aliphatic carbocycles. The molecule has 5 nitrogen and oxygen atoms in total. The molecular formula is C18H27N3O2S2. The Hall–Kier alpha value is -0.890. The fraction of sp³-hybridized carbons (Fsp3) is 0.667. The average Bonchev–Trinajstić information content (AvgIpc) is 2.98. The van der Waals surface area contributed by atoms with E-state index in [0.29, 0.717) is 6.61 Å². The summed E-state index contributed by atoms with van der Waals surface area (Å²) in [4.78, 5) is 11.9. The van der Waals surface area contributed by atoms with Gasteiger partial charge in [0, 0.05) is 31.1 Å². The number of nitrogens with one attached hydrogen (secondary N) is 1. The van der Waals surface area contributed by atoms with E-state index in [2.05, 4.69) is 19.2 Å². The molecule has 3 heterocycles. The molecule has 2 aromatic rings. The molecule has 0 aromatic carbocycles. The van der Waals surface area contributed by atoms with Crippen LogP contribution in [0.5, 0.6) is 0 Å². The number of hydrogen-bond acceptors (Lipinski definition) is 7. The fourth-order valence-corrected chi connectivity index (χ4v) is 4.55. The smallest absolute Gasteiger partial charge is 0.190 e. The predicted molar refractivity (Wildman–Crippen MR) is 106 cm³/mol. The van der Waals surface area contributed by atoms with Gasteiger partial charge in [-0.05, 0) is 38.5 Å². The molecule has 1 N–H and O–H groups in total. The molecule has 0 bridgehead atoms. The third-order valence-corrected chi connectivity index (χ3v) is 6.36. The zero-order valence-electron chi connectivity index (χ0n) is 15.5. The van der Waals surface area contributed by atoms with Crippen LogP contribution in [0.1, 0.15) is 44.1 Å². The number of thiophene rings is 1. The minimum absolute atomic E-state index is 0.0918. The second-order valence-corrected chi connectivity index (χ2v) is 8.35. The van der Waals surface area contributed by atoms with Gasteiger partial charge in [-0.15, -0.1) is 11.3 Å². The highest BCUT2D eigenvalue weighted by Gasteiger charge is 2.33. The van der Waals surface area contributed by atoms with Gasteiger partial charge in [0.15, 0.2) is 5.16 Å². The lowest BCUT2D eigenvalue weighted by atomic mass is 9.90. The summed E-state index contributed by atoms with van der Waals surface area (Å²) in [5, 5.41) is 5.53. The highest BCUT2D eigenvalue weighted by molar-refractivity contribution is 7.98. The number of thioether (sulfide) groups is 1. The highest BCUT2D eigenvalue weighted by Crippen LogP contribution is 2.42. The molecule has 1 aliphatic heterocycles. The SMILES string of the molecule is CCOCCCNc1nc(SC)nc2sc3c(c12)CC(C)(CC)OC3. The van der Waals surface area contributed by atoms with E-state index in [1.807, 2.05) is 13.2 Å². The van der Waals surface area contributed by atoms with Crippen molar-refractivity contribution < 1.29 is 9.47 Å². The first-order valence-corrected chi connectivity index (χ1v) is 11.0. The van der Waals surface area contributed by atoms with E-state index in [1.54, 1.807) is 23.1 Å². The van der Waals surface area contributed by atoms with E-state index >= 15 is 0 Å². The van der Waals surface area contributed by atoms with Crippen LogP contribution in [0.15, 0.2) is 5.16 Å². The summed E-state index contributed by atoms with van der Waals surface area (Å²) >= 11 is 3.33. The maximum absolute atomic E-state index is 6.11. The van der Waals surface area contributed by atoms with Crippen LogP contribution in [0.4, 0.5) is 5.82 Å². The third kappa shape index (κ3) is 4.10. The molecule has 1 unspecified atom stereocenters. The van der Waals surface area contributed by atoms with E-state index in [9.17, 15) is 0 Å². The van der Waals surface area contributed by atoms with Crippen LogP contribution in [0.3, 0.4) is 0 Å². The Bertz CT molecular complexity index is 735. The average molecular weight is 382 g/mol. The second-order valence-electron chi connectivity index (χ2n) is 6.49. The topological polar surface area (TPSA) is 56.3 Å². The minimum atomic E-state index is -0.0918. The molecule has 1 atom stereocenters. The standard InChI is InChI=1S/C18H27N3O2S2/c1-5-18(3)10-12-13(11-23-18)25-16-14(12)15(20-17(21-16)24-4)19-8-7-9-22-6-2/h5-11H2,1-4H3,(H,19,20,21). The van der Waals surface area contributed by atoms with Gasteiger partial charge in [0.1, 0.15) is 10.6 Å². The monoisotopic (exact) mass is 381 g/mol. The van der Waals surface area contributed by atoms with Crippen LogP contribution < -0.4 is 5.32 Å². The van der Waals surface area contributed by atoms with Gasteiger partial charge >= 0.3 is 0 Å². The molecule has 2 aromatic heterocycles. The molecule has 1 aliphatic rings. The van der Waals surface area contributed by atoms with Gasteiger partial charge in [0.05, 0.1) is 17.6 Å². The van der Waals surface area contributed by atoms with Crippen LogP contribution in [0.25, 0.3) is 10.2 Å². The van der Waals surface area contributed by atoms with E-state index in [1.165, 1.54) is 15.8 Å². The Kier molecular flexibility index (Phi) is 6.20. The first-order chi connectivity index (χ1) is 12.1. The molecule has 0 radical (unpaired) electrons. The van der Waals surface area contributed by atoms with Gasteiger partial charge in [0.25, 0.3) is 0 Å². The Morgan fingerprint density at radius 2 is 2.20 bits per heavy atom. The lowest BCUT2D eigenvalue weighted by Gasteiger charge is -2.33. The molecule has 138 valence electrons. The van der Waals surface area contributed by atoms with Gasteiger partial charge in [-0.3, -0.25) is 0 Å². The van der Waals surface area contributed by atoms with Crippen molar-refractivity contribution in [3.63, 3.8) is 0 Å². The number of fused-ring (bicyclic) bond motifs is 3. The highest BCUT2D eigenvalue weighted by atomic mass is 32.2. The number of anilines is 1. The zero-order valence-corrected chi connectivity index (χ0v) is 17.1. The molecular weight excluding hydrogens is 354 g/mol. The molecule has 0 amide bonds. The summed E-state index contributed by atoms with van der Waals surface area (Å²) in [5.74, 6) is 0.962. The quantitative estimate of drug-likeness (QED) is 0.413. The molecule has 0 saturated carbocycles. The molecule has 3 rings (SSSR count). The number of rotatable bonds is 8. The van der Waals surface area contributed by atoms with Crippen molar-refractivity contribution in [3.05, 3.63) is 10.4 Å². The Balaban J connectivity index is 1.92. The second kappa shape index (κ2) is 8.20. The van der Waals surface area contributed by atoms with E-state index < -0.39 is 0 Å². The number of ether oxygens (including phenoxy) is 2. The first-order valence-electron chi connectivity index (χ1n) is 8.92. The lowest BCUT2D eigenvalue weighted by molar-refractivity contribution is -0.0542. The Labute approximate surface area is 157 Å². The fourth-order valence-electron chi connectivity index (χ4n) is 3.02. The van der Waals surface area contributed by atoms with Crippen molar-refractivity contribution in [1.82, 2.24) is 9.97 Å². The van der Waals surface area contributed by atoms with E-state index in [-0.39, 0.29) is 5.60 Å². The van der Waals surface area contributed by atoms with Crippen molar-refractivity contribution in [2.24, 2.45) is 0 Å². The minimum Gasteiger partial charge on any atom is -0.382 e. The predicted octanol–water partition coefficient (Wildman–Crippen LogP) is 4.49. The number of nitrogens with zero attached hydrogens (tertiary/aromatic N) is 2. The summed E-state index contributed by atoms with van der Waals surface area (Å²) in [5.41, 5.74) is 1.28. The van der Waals surface area contributed by atoms with Crippen LogP contribution in [-0.4, -0.2) is 41.6 Å². The number of hydrogen-bond donors (Lipinski definition) is 1. The third-order valence-electron chi connectivity index (χ3n) is 4.71. The van der Waals surface area contributed by atoms with Crippen molar-refractivity contribution in [3.8, 4) is 0 Å². The summed E-state index contributed by atoms with van der Waals surface area (Å²) in [6, 6.07) is 0. The first kappa shape index (κ1) is 18.9. The lowest BCUT2D eigenvalue weighted by Crippen LogP contribution is -2.34. The Morgan fingerprint density at radius 3 is 2.92 bits per heavy atom. The van der Waals surface area contributed by atoms with E-state index in [4.69, 9.17) is 19.4 Å². The van der Waals surface area contributed by atoms with E-state index in [0.717, 1.165) is 54.8 Å². The molecule has 0 fully saturated rings. The Morgan fingerprint density at radius 1 is 1.36 bits per heavy atom. The maximum Gasteiger partial charge on any atom is 0.190 e. The van der Waals surface area contributed by atoms with Crippen LogP contribution in [0.2, 0.25) is 0 Å². The van der Waals surface area contributed by atoms with Crippen molar-refractivity contribution in [2.75, 3.05) is 31.3 Å². The van der Waals surface area contributed by atoms with Gasteiger partial charge in [0.2, 0.25) is 0 Å². The van der Waals surface area contributed by atoms with Gasteiger partial charge in [-0.2, -0.15) is 0 Å². The normalized spacial score (nSPS) is 20.0. The van der Waals surface area contributed by atoms with Crippen LogP contribution in [0, 0.1) is 0 Å². The van der Waals surface area contributed by atoms with Crippen LogP contribution in [-0.2, 0) is 22.5 Å². The van der Waals surface area contributed by atoms with Crippen molar-refractivity contribution in [2.45, 2.75) is 57.4 Å². The molecule has 0 saturated heterocycles. The summed E-state index contributed by atoms with van der Waals surface area (Å²) in [6.07, 6.45) is 4.92. The van der Waals surface area contributed by atoms with Crippen molar-refractivity contribution >= 4 is 39.1 Å². The zero-order chi connectivity index (χ0) is 17.9. The molecule has 7 heteroatoms. The molecule has 25 heavy (non-hydrogen) atoms. The number of aromatic nitrogens is 2. The maximum atomic E-state index is 6.11. The van der Waals surface area contributed by atoms with Gasteiger partial charge in [-0.1, -0.05) is 18.7 Å². The molecule has 0 spiro atoms. The summed E-state index contributed by atoms with van der Waals surface area (Å²) in [7, 11) is 0.